The minimum Gasteiger partial charge on any atom is -0.321 e. The number of nitrogens with zero attached hydrogens (tertiary/aromatic N) is 2. The molecule has 72 valence electrons. The number of H-pyrrole nitrogens is 1. The van der Waals surface area contributed by atoms with Crippen LogP contribution in [-0.2, 0) is 0 Å². The van der Waals surface area contributed by atoms with E-state index >= 15 is 0 Å². The Morgan fingerprint density at radius 1 is 1.13 bits per heavy atom. The molecule has 3 aromatic rings. The fraction of sp³-hybridized carbons (Fsp3) is 0. The van der Waals surface area contributed by atoms with E-state index in [1.54, 1.807) is 18.5 Å². The van der Waals surface area contributed by atoms with Gasteiger partial charge in [0.2, 0.25) is 5.56 Å². The number of aromatic nitrogens is 3. The number of aromatic amines is 1. The van der Waals surface area contributed by atoms with Gasteiger partial charge in [-0.05, 0) is 18.2 Å². The van der Waals surface area contributed by atoms with Crippen LogP contribution in [0.15, 0.2) is 41.5 Å². The Hall–Kier alpha value is -2.23. The fourth-order valence-electron chi connectivity index (χ4n) is 1.64. The lowest BCUT2D eigenvalue weighted by Crippen LogP contribution is -2.02. The molecule has 0 amide bonds. The highest BCUT2D eigenvalue weighted by Gasteiger charge is 2.01. The molecule has 0 spiro atoms. The molecule has 0 aliphatic rings. The molecule has 3 rings (SSSR count). The van der Waals surface area contributed by atoms with E-state index in [-0.39, 0.29) is 5.56 Å². The van der Waals surface area contributed by atoms with Crippen LogP contribution < -0.4 is 5.56 Å². The average Bonchev–Trinajstić information content (AvgIpc) is 2.28. The zero-order valence-corrected chi connectivity index (χ0v) is 7.77. The van der Waals surface area contributed by atoms with Crippen LogP contribution >= 0.6 is 0 Å². The first kappa shape index (κ1) is 8.11. The number of fused-ring (bicyclic) bond motifs is 3. The van der Waals surface area contributed by atoms with Gasteiger partial charge in [-0.25, -0.2) is 0 Å². The molecule has 15 heavy (non-hydrogen) atoms. The third kappa shape index (κ3) is 1.19. The number of hydrogen-bond donors (Lipinski definition) is 1. The Morgan fingerprint density at radius 2 is 2.07 bits per heavy atom. The number of hydrogen-bond acceptors (Lipinski definition) is 3. The molecule has 4 nitrogen and oxygen atoms in total. The van der Waals surface area contributed by atoms with Gasteiger partial charge in [0.1, 0.15) is 0 Å². The monoisotopic (exact) mass is 197 g/mol. The standard InChI is InChI=1S/C11H7N3O/c15-10-4-3-7-9(14-10)6-13-8-2-1-5-12-11(7)8/h1-6H,(H,14,15). The van der Waals surface area contributed by atoms with Gasteiger partial charge in [0.25, 0.3) is 0 Å². The second kappa shape index (κ2) is 2.88. The fourth-order valence-corrected chi connectivity index (χ4v) is 1.64. The molecular weight excluding hydrogens is 190 g/mol. The van der Waals surface area contributed by atoms with Crippen molar-refractivity contribution in [2.45, 2.75) is 0 Å². The van der Waals surface area contributed by atoms with Crippen molar-refractivity contribution in [2.24, 2.45) is 0 Å². The minimum atomic E-state index is -0.125. The Balaban J connectivity index is 2.60. The van der Waals surface area contributed by atoms with Crippen molar-refractivity contribution in [2.75, 3.05) is 0 Å². The van der Waals surface area contributed by atoms with Crippen LogP contribution in [-0.4, -0.2) is 15.0 Å². The summed E-state index contributed by atoms with van der Waals surface area (Å²) < 4.78 is 0. The van der Waals surface area contributed by atoms with Crippen molar-refractivity contribution in [1.29, 1.82) is 0 Å². The van der Waals surface area contributed by atoms with Gasteiger partial charge in [0, 0.05) is 17.6 Å². The van der Waals surface area contributed by atoms with Gasteiger partial charge in [-0.1, -0.05) is 0 Å². The number of pyridine rings is 3. The maximum absolute atomic E-state index is 11.1. The van der Waals surface area contributed by atoms with Crippen LogP contribution in [0.5, 0.6) is 0 Å². The predicted molar refractivity (Wildman–Crippen MR) is 57.7 cm³/mol. The molecule has 0 fully saturated rings. The van der Waals surface area contributed by atoms with E-state index in [2.05, 4.69) is 15.0 Å². The van der Waals surface area contributed by atoms with Crippen LogP contribution in [0, 0.1) is 0 Å². The highest BCUT2D eigenvalue weighted by Crippen LogP contribution is 2.17. The van der Waals surface area contributed by atoms with Crippen molar-refractivity contribution < 1.29 is 0 Å². The van der Waals surface area contributed by atoms with Crippen LogP contribution in [0.25, 0.3) is 21.9 Å². The van der Waals surface area contributed by atoms with Crippen molar-refractivity contribution in [3.05, 3.63) is 47.0 Å². The minimum absolute atomic E-state index is 0.125. The largest absolute Gasteiger partial charge is 0.321 e. The lowest BCUT2D eigenvalue weighted by atomic mass is 10.2. The first-order chi connectivity index (χ1) is 7.34. The first-order valence-electron chi connectivity index (χ1n) is 4.57. The van der Waals surface area contributed by atoms with Gasteiger partial charge in [-0.2, -0.15) is 0 Å². The van der Waals surface area contributed by atoms with E-state index in [0.717, 1.165) is 16.4 Å². The second-order valence-corrected chi connectivity index (χ2v) is 3.28. The SMILES string of the molecule is O=c1ccc2c(cnc3cccnc32)[nH]1. The zero-order valence-electron chi connectivity index (χ0n) is 7.77. The Kier molecular flexibility index (Phi) is 1.56. The summed E-state index contributed by atoms with van der Waals surface area (Å²) in [7, 11) is 0. The third-order valence-electron chi connectivity index (χ3n) is 2.32. The normalized spacial score (nSPS) is 10.9. The molecule has 0 aromatic carbocycles. The quantitative estimate of drug-likeness (QED) is 0.555. The van der Waals surface area contributed by atoms with E-state index in [4.69, 9.17) is 0 Å². The number of nitrogens with one attached hydrogen (secondary N) is 1. The second-order valence-electron chi connectivity index (χ2n) is 3.28. The maximum atomic E-state index is 11.1. The van der Waals surface area contributed by atoms with Crippen molar-refractivity contribution in [3.63, 3.8) is 0 Å². The predicted octanol–water partition coefficient (Wildman–Crippen LogP) is 1.47. The van der Waals surface area contributed by atoms with E-state index in [1.807, 2.05) is 12.1 Å². The molecule has 0 atom stereocenters. The molecule has 0 aliphatic heterocycles. The highest BCUT2D eigenvalue weighted by molar-refractivity contribution is 6.00. The Morgan fingerprint density at radius 3 is 3.00 bits per heavy atom. The molecule has 0 saturated heterocycles. The van der Waals surface area contributed by atoms with Gasteiger partial charge in [-0.3, -0.25) is 14.8 Å². The first-order valence-corrected chi connectivity index (χ1v) is 4.57. The van der Waals surface area contributed by atoms with Gasteiger partial charge in [-0.15, -0.1) is 0 Å². The molecule has 3 aromatic heterocycles. The van der Waals surface area contributed by atoms with Crippen molar-refractivity contribution >= 4 is 21.9 Å². The number of rotatable bonds is 0. The average molecular weight is 197 g/mol. The summed E-state index contributed by atoms with van der Waals surface area (Å²) in [6, 6.07) is 7.00. The van der Waals surface area contributed by atoms with Gasteiger partial charge in [0.15, 0.2) is 0 Å². The molecule has 3 heterocycles. The summed E-state index contributed by atoms with van der Waals surface area (Å²) in [5.41, 5.74) is 2.23. The van der Waals surface area contributed by atoms with E-state index in [1.165, 1.54) is 6.07 Å². The van der Waals surface area contributed by atoms with E-state index < -0.39 is 0 Å². The third-order valence-corrected chi connectivity index (χ3v) is 2.32. The van der Waals surface area contributed by atoms with Crippen LogP contribution in [0.3, 0.4) is 0 Å². The lowest BCUT2D eigenvalue weighted by Gasteiger charge is -2.00. The molecule has 0 unspecified atom stereocenters. The molecule has 0 aliphatic carbocycles. The van der Waals surface area contributed by atoms with Gasteiger partial charge < -0.3 is 4.98 Å². The van der Waals surface area contributed by atoms with E-state index in [9.17, 15) is 4.79 Å². The summed E-state index contributed by atoms with van der Waals surface area (Å²) in [5, 5.41) is 0.917. The molecule has 0 radical (unpaired) electrons. The maximum Gasteiger partial charge on any atom is 0.248 e. The van der Waals surface area contributed by atoms with Gasteiger partial charge in [0.05, 0.1) is 22.7 Å². The van der Waals surface area contributed by atoms with Crippen LogP contribution in [0.2, 0.25) is 0 Å². The zero-order chi connectivity index (χ0) is 10.3. The topological polar surface area (TPSA) is 58.6 Å². The molecular formula is C11H7N3O. The van der Waals surface area contributed by atoms with Crippen LogP contribution in [0.1, 0.15) is 0 Å². The Bertz CT molecular complexity index is 703. The smallest absolute Gasteiger partial charge is 0.248 e. The van der Waals surface area contributed by atoms with Crippen LogP contribution in [0.4, 0.5) is 0 Å². The Labute approximate surface area is 84.6 Å². The summed E-state index contributed by atoms with van der Waals surface area (Å²) in [4.78, 5) is 22.3. The van der Waals surface area contributed by atoms with Gasteiger partial charge >= 0.3 is 0 Å². The summed E-state index contributed by atoms with van der Waals surface area (Å²) >= 11 is 0. The lowest BCUT2D eigenvalue weighted by molar-refractivity contribution is 1.27. The van der Waals surface area contributed by atoms with E-state index in [0.29, 0.717) is 5.52 Å². The highest BCUT2D eigenvalue weighted by atomic mass is 16.1. The van der Waals surface area contributed by atoms with Crippen molar-refractivity contribution in [1.82, 2.24) is 15.0 Å². The molecule has 1 N–H and O–H groups in total. The summed E-state index contributed by atoms with van der Waals surface area (Å²) in [5.74, 6) is 0. The molecule has 0 bridgehead atoms. The molecule has 4 heteroatoms. The molecule has 0 saturated carbocycles. The summed E-state index contributed by atoms with van der Waals surface area (Å²) in [6.45, 7) is 0. The van der Waals surface area contributed by atoms with Crippen molar-refractivity contribution in [3.8, 4) is 0 Å². The summed E-state index contributed by atoms with van der Waals surface area (Å²) in [6.07, 6.45) is 3.37.